The summed E-state index contributed by atoms with van der Waals surface area (Å²) in [4.78, 5) is 25.9. The van der Waals surface area contributed by atoms with Crippen LogP contribution >= 0.6 is 0 Å². The molecule has 0 fully saturated rings. The van der Waals surface area contributed by atoms with Crippen molar-refractivity contribution in [3.05, 3.63) is 53.0 Å². The van der Waals surface area contributed by atoms with Gasteiger partial charge in [-0.1, -0.05) is 18.2 Å². The van der Waals surface area contributed by atoms with Crippen molar-refractivity contribution in [2.75, 3.05) is 12.0 Å². The molecule has 6 heteroatoms. The van der Waals surface area contributed by atoms with Crippen LogP contribution in [-0.4, -0.2) is 25.2 Å². The fraction of sp³-hybridized carbons (Fsp3) is 0.333. The van der Waals surface area contributed by atoms with Crippen molar-refractivity contribution < 1.29 is 18.7 Å². The third kappa shape index (κ3) is 2.87. The van der Waals surface area contributed by atoms with Crippen LogP contribution in [0.4, 0.5) is 10.5 Å². The molecule has 0 unspecified atom stereocenters. The van der Waals surface area contributed by atoms with Crippen molar-refractivity contribution in [2.45, 2.75) is 32.9 Å². The summed E-state index contributed by atoms with van der Waals surface area (Å²) in [5.74, 6) is 0.545. The number of urea groups is 1. The monoisotopic (exact) mass is 328 g/mol. The molecule has 0 saturated heterocycles. The van der Waals surface area contributed by atoms with Gasteiger partial charge >= 0.3 is 12.0 Å². The lowest BCUT2D eigenvalue weighted by molar-refractivity contribution is 0.0598. The number of anilines is 1. The summed E-state index contributed by atoms with van der Waals surface area (Å²) in [6.07, 6.45) is 0.843. The highest BCUT2D eigenvalue weighted by Gasteiger charge is 2.30. The smallest absolute Gasteiger partial charge is 0.341 e. The van der Waals surface area contributed by atoms with Gasteiger partial charge < -0.3 is 14.5 Å². The summed E-state index contributed by atoms with van der Waals surface area (Å²) < 4.78 is 10.2. The van der Waals surface area contributed by atoms with Crippen molar-refractivity contribution in [2.24, 2.45) is 0 Å². The van der Waals surface area contributed by atoms with E-state index in [9.17, 15) is 9.59 Å². The van der Waals surface area contributed by atoms with Gasteiger partial charge in [0.1, 0.15) is 17.1 Å². The van der Waals surface area contributed by atoms with Gasteiger partial charge in [-0.3, -0.25) is 4.90 Å². The summed E-state index contributed by atoms with van der Waals surface area (Å²) >= 11 is 0. The predicted molar refractivity (Wildman–Crippen MR) is 89.1 cm³/mol. The minimum Gasteiger partial charge on any atom is -0.465 e. The largest absolute Gasteiger partial charge is 0.465 e. The van der Waals surface area contributed by atoms with Crippen LogP contribution in [0.1, 0.15) is 34.4 Å². The first-order valence-electron chi connectivity index (χ1n) is 7.84. The second-order valence-electron chi connectivity index (χ2n) is 5.88. The number of rotatable bonds is 3. The lowest BCUT2D eigenvalue weighted by Gasteiger charge is -2.22. The Morgan fingerprint density at radius 1 is 1.38 bits per heavy atom. The van der Waals surface area contributed by atoms with Gasteiger partial charge in [0.05, 0.1) is 13.7 Å². The number of carbonyl (C=O) groups is 2. The molecule has 1 atom stereocenters. The van der Waals surface area contributed by atoms with Crippen LogP contribution in [0.15, 0.2) is 34.7 Å². The van der Waals surface area contributed by atoms with E-state index in [-0.39, 0.29) is 18.6 Å². The first-order valence-corrected chi connectivity index (χ1v) is 7.84. The Hall–Kier alpha value is -2.76. The molecule has 6 nitrogen and oxygen atoms in total. The van der Waals surface area contributed by atoms with Crippen molar-refractivity contribution in [1.29, 1.82) is 0 Å². The van der Waals surface area contributed by atoms with Gasteiger partial charge in [0.25, 0.3) is 0 Å². The molecule has 1 aromatic heterocycles. The van der Waals surface area contributed by atoms with Crippen LogP contribution < -0.4 is 10.2 Å². The highest BCUT2D eigenvalue weighted by Crippen LogP contribution is 2.31. The molecule has 1 aliphatic heterocycles. The fourth-order valence-corrected chi connectivity index (χ4v) is 3.07. The molecule has 1 aliphatic rings. The number of para-hydroxylation sites is 1. The number of hydrogen-bond acceptors (Lipinski definition) is 4. The molecule has 126 valence electrons. The van der Waals surface area contributed by atoms with E-state index >= 15 is 0 Å². The van der Waals surface area contributed by atoms with Gasteiger partial charge in [0.15, 0.2) is 0 Å². The minimum atomic E-state index is -0.448. The van der Waals surface area contributed by atoms with Crippen molar-refractivity contribution in [1.82, 2.24) is 5.32 Å². The second-order valence-corrected chi connectivity index (χ2v) is 5.88. The average molecular weight is 328 g/mol. The highest BCUT2D eigenvalue weighted by atomic mass is 16.5. The number of benzene rings is 1. The highest BCUT2D eigenvalue weighted by molar-refractivity contribution is 5.95. The molecular weight excluding hydrogens is 308 g/mol. The Morgan fingerprint density at radius 3 is 2.88 bits per heavy atom. The number of esters is 1. The Morgan fingerprint density at radius 2 is 2.12 bits per heavy atom. The quantitative estimate of drug-likeness (QED) is 0.879. The van der Waals surface area contributed by atoms with Gasteiger partial charge in [-0.15, -0.1) is 0 Å². The van der Waals surface area contributed by atoms with Gasteiger partial charge in [-0.25, -0.2) is 9.59 Å². The zero-order chi connectivity index (χ0) is 17.3. The zero-order valence-corrected chi connectivity index (χ0v) is 14.0. The molecule has 0 radical (unpaired) electrons. The number of fused-ring (bicyclic) bond motifs is 1. The predicted octanol–water partition coefficient (Wildman–Crippen LogP) is 3.04. The standard InChI is InChI=1S/C18H20N2O4/c1-11-8-13-6-4-5-7-16(13)20(11)18(22)19-10-14-9-15(12(2)24-14)17(21)23-3/h4-7,9,11H,8,10H2,1-3H3,(H,19,22)/t11-/m1/s1. The summed E-state index contributed by atoms with van der Waals surface area (Å²) in [6.45, 7) is 3.92. The molecule has 0 aliphatic carbocycles. The third-order valence-electron chi connectivity index (χ3n) is 4.21. The van der Waals surface area contributed by atoms with Crippen molar-refractivity contribution in [3.8, 4) is 0 Å². The number of aryl methyl sites for hydroxylation is 1. The van der Waals surface area contributed by atoms with E-state index in [1.54, 1.807) is 17.9 Å². The maximum absolute atomic E-state index is 12.6. The number of methoxy groups -OCH3 is 1. The number of furan rings is 1. The van der Waals surface area contributed by atoms with E-state index in [1.807, 2.05) is 31.2 Å². The second kappa shape index (κ2) is 6.39. The Balaban J connectivity index is 1.69. The number of nitrogens with one attached hydrogen (secondary N) is 1. The summed E-state index contributed by atoms with van der Waals surface area (Å²) in [6, 6.07) is 9.42. The normalized spacial score (nSPS) is 16.0. The average Bonchev–Trinajstić information content (AvgIpc) is 3.11. The van der Waals surface area contributed by atoms with Crippen LogP contribution in [-0.2, 0) is 17.7 Å². The SMILES string of the molecule is COC(=O)c1cc(CNC(=O)N2c3ccccc3C[C@H]2C)oc1C. The maximum Gasteiger partial charge on any atom is 0.341 e. The van der Waals surface area contributed by atoms with E-state index < -0.39 is 5.97 Å². The van der Waals surface area contributed by atoms with Crippen LogP contribution in [0.25, 0.3) is 0 Å². The van der Waals surface area contributed by atoms with Crippen LogP contribution in [0.2, 0.25) is 0 Å². The van der Waals surface area contributed by atoms with Crippen molar-refractivity contribution >= 4 is 17.7 Å². The lowest BCUT2D eigenvalue weighted by atomic mass is 10.1. The number of hydrogen-bond donors (Lipinski definition) is 1. The molecule has 2 aromatic rings. The first-order chi connectivity index (χ1) is 11.5. The van der Waals surface area contributed by atoms with Gasteiger partial charge in [0, 0.05) is 11.7 Å². The summed E-state index contributed by atoms with van der Waals surface area (Å²) in [5, 5.41) is 2.85. The van der Waals surface area contributed by atoms with Gasteiger partial charge in [0.2, 0.25) is 0 Å². The lowest BCUT2D eigenvalue weighted by Crippen LogP contribution is -2.42. The molecule has 2 heterocycles. The van der Waals surface area contributed by atoms with E-state index in [2.05, 4.69) is 5.32 Å². The molecule has 0 saturated carbocycles. The zero-order valence-electron chi connectivity index (χ0n) is 14.0. The number of ether oxygens (including phenoxy) is 1. The maximum atomic E-state index is 12.6. The summed E-state index contributed by atoms with van der Waals surface area (Å²) in [5.41, 5.74) is 2.48. The Labute approximate surface area is 140 Å². The van der Waals surface area contributed by atoms with Gasteiger partial charge in [-0.2, -0.15) is 0 Å². The Kier molecular flexibility index (Phi) is 4.29. The molecule has 1 N–H and O–H groups in total. The fourth-order valence-electron chi connectivity index (χ4n) is 3.07. The van der Waals surface area contributed by atoms with Crippen LogP contribution in [0.3, 0.4) is 0 Å². The molecule has 3 rings (SSSR count). The van der Waals surface area contributed by atoms with E-state index in [0.29, 0.717) is 17.1 Å². The van der Waals surface area contributed by atoms with E-state index in [1.165, 1.54) is 12.7 Å². The molecular formula is C18H20N2O4. The number of carbonyl (C=O) groups excluding carboxylic acids is 2. The molecule has 2 amide bonds. The topological polar surface area (TPSA) is 71.8 Å². The Bertz CT molecular complexity index is 781. The number of amides is 2. The summed E-state index contributed by atoms with van der Waals surface area (Å²) in [7, 11) is 1.32. The van der Waals surface area contributed by atoms with Crippen LogP contribution in [0, 0.1) is 6.92 Å². The van der Waals surface area contributed by atoms with Crippen molar-refractivity contribution in [3.63, 3.8) is 0 Å². The molecule has 24 heavy (non-hydrogen) atoms. The van der Waals surface area contributed by atoms with E-state index in [0.717, 1.165) is 12.1 Å². The molecule has 1 aromatic carbocycles. The van der Waals surface area contributed by atoms with E-state index in [4.69, 9.17) is 9.15 Å². The molecule has 0 spiro atoms. The number of nitrogens with zero attached hydrogens (tertiary/aromatic N) is 1. The minimum absolute atomic E-state index is 0.103. The van der Waals surface area contributed by atoms with Crippen LogP contribution in [0.5, 0.6) is 0 Å². The molecule has 0 bridgehead atoms. The third-order valence-corrected chi connectivity index (χ3v) is 4.21. The van der Waals surface area contributed by atoms with Gasteiger partial charge in [-0.05, 0) is 38.0 Å². The first kappa shape index (κ1) is 16.1.